The molecule has 4 aromatic rings. The van der Waals surface area contributed by atoms with Crippen molar-refractivity contribution in [2.75, 3.05) is 28.9 Å². The van der Waals surface area contributed by atoms with Crippen molar-refractivity contribution in [2.45, 2.75) is 59.2 Å². The van der Waals surface area contributed by atoms with Crippen molar-refractivity contribution in [3.8, 4) is 12.1 Å². The Hall–Kier alpha value is -4.18. The van der Waals surface area contributed by atoms with Gasteiger partial charge < -0.3 is 16.4 Å². The molecule has 0 saturated heterocycles. The molecule has 10 nitrogen and oxygen atoms in total. The number of nitriles is 2. The maximum absolute atomic E-state index is 14.8. The standard InChI is InChI=1S/C19H12ClF6N3O3S.C19H14ClF6N3OS.2ClH.Sn/c1-17(21,22)18(23,19(24,25)26)11-6-12(20)15(14(7-11)33-2)28-16(30)9-3-4-10(8-27)13(5-9)29(31)32;1-17(21,22)18(23,19(24,25)26)11-6-12(20)15(14(7-11)31-2)29-16(30)9-3-4-10(8-27)13(28)5-9;;;/h3-7H,1-2H3,(H,28,30);3-7H,28H2,1-2H3,(H,29,30);2*1H;/q;;;;+2/p-2. The Morgan fingerprint density at radius 2 is 1.01 bits per heavy atom. The van der Waals surface area contributed by atoms with Gasteiger partial charge in [-0.25, -0.2) is 26.3 Å². The number of alkyl halides is 12. The first kappa shape index (κ1) is 58.9. The molecule has 360 valence electrons. The molecule has 0 spiro atoms. The SMILES string of the molecule is CSc1cc(C(F)(C(C)(F)F)C(F)(F)F)cc(Cl)c1NC(=O)c1ccc(C#N)c(N)c1.CSc1cc(C(F)(C(C)(F)F)C(F)(F)F)cc(Cl)c1NC(=O)c1ccc(C#N)c([N+](=O)[O-])c1.[Cl][Sn][Cl]. The van der Waals surface area contributed by atoms with Crippen LogP contribution in [0.2, 0.25) is 10.0 Å². The van der Waals surface area contributed by atoms with Gasteiger partial charge >= 0.3 is 49.1 Å². The van der Waals surface area contributed by atoms with Gasteiger partial charge in [-0.15, -0.1) is 23.5 Å². The summed E-state index contributed by atoms with van der Waals surface area (Å²) in [6.45, 7) is -0.404. The first-order valence-corrected chi connectivity index (χ1v) is 27.7. The predicted molar refractivity (Wildman–Crippen MR) is 232 cm³/mol. The van der Waals surface area contributed by atoms with E-state index >= 15 is 0 Å². The third kappa shape index (κ3) is 13.1. The van der Waals surface area contributed by atoms with Gasteiger partial charge in [-0.1, -0.05) is 23.2 Å². The van der Waals surface area contributed by atoms with Crippen LogP contribution < -0.4 is 16.4 Å². The van der Waals surface area contributed by atoms with Gasteiger partial charge in [0, 0.05) is 52.0 Å². The average Bonchev–Trinajstić information content (AvgIpc) is 3.22. The van der Waals surface area contributed by atoms with E-state index in [9.17, 15) is 72.4 Å². The van der Waals surface area contributed by atoms with E-state index in [-0.39, 0.29) is 63.0 Å². The van der Waals surface area contributed by atoms with Crippen LogP contribution in [0.4, 0.5) is 75.4 Å². The average molecular weight is 1180 g/mol. The molecule has 29 heteroatoms. The quantitative estimate of drug-likeness (QED) is 0.0330. The number of halogens is 16. The zero-order chi connectivity index (χ0) is 51.8. The Labute approximate surface area is 407 Å². The van der Waals surface area contributed by atoms with Gasteiger partial charge in [0.2, 0.25) is 0 Å². The van der Waals surface area contributed by atoms with E-state index < -0.39 is 98.0 Å². The summed E-state index contributed by atoms with van der Waals surface area (Å²) >= 11 is 12.5. The molecule has 0 aromatic heterocycles. The van der Waals surface area contributed by atoms with E-state index in [0.717, 1.165) is 30.0 Å². The van der Waals surface area contributed by atoms with Gasteiger partial charge in [-0.2, -0.15) is 36.9 Å². The van der Waals surface area contributed by atoms with Crippen molar-refractivity contribution in [1.82, 2.24) is 0 Å². The monoisotopic (exact) mass is 1180 g/mol. The molecular weight excluding hydrogens is 1160 g/mol. The number of nitrogens with one attached hydrogen (secondary N) is 2. The molecule has 2 atom stereocenters. The number of nitro groups is 1. The number of nitrogens with zero attached hydrogens (tertiary/aromatic N) is 3. The number of benzene rings is 4. The number of nitrogen functional groups attached to an aromatic ring is 1. The van der Waals surface area contributed by atoms with Crippen molar-refractivity contribution >= 4 is 118 Å². The molecule has 2 amide bonds. The molecule has 2 unspecified atom stereocenters. The van der Waals surface area contributed by atoms with Crippen LogP contribution in [0.1, 0.15) is 56.8 Å². The van der Waals surface area contributed by atoms with E-state index in [1.807, 2.05) is 6.07 Å². The maximum atomic E-state index is 14.8. The summed E-state index contributed by atoms with van der Waals surface area (Å²) < 4.78 is 164. The summed E-state index contributed by atoms with van der Waals surface area (Å²) in [6.07, 6.45) is -9.23. The number of carbonyl (C=O) groups excluding carboxylic acids is 2. The van der Waals surface area contributed by atoms with Crippen molar-refractivity contribution < 1.29 is 67.2 Å². The zero-order valence-electron chi connectivity index (χ0n) is 33.7. The van der Waals surface area contributed by atoms with Gasteiger partial charge in [0.05, 0.1) is 37.6 Å². The molecule has 0 saturated carbocycles. The number of hydrogen-bond acceptors (Lipinski definition) is 9. The number of anilines is 3. The minimum absolute atomic E-state index is 0.00100. The minimum atomic E-state index is -5.99. The summed E-state index contributed by atoms with van der Waals surface area (Å²) in [5, 5.41) is 32.2. The van der Waals surface area contributed by atoms with Crippen LogP contribution in [0.5, 0.6) is 0 Å². The fraction of sp³-hybridized carbons (Fsp3) is 0.263. The topological polar surface area (TPSA) is 175 Å². The Balaban J connectivity index is 0.000000435. The number of carbonyl (C=O) groups is 2. The predicted octanol–water partition coefficient (Wildman–Crippen LogP) is 13.6. The van der Waals surface area contributed by atoms with Crippen LogP contribution in [-0.2, 0) is 11.3 Å². The van der Waals surface area contributed by atoms with Crippen LogP contribution in [-0.4, -0.2) is 72.3 Å². The number of rotatable bonds is 11. The van der Waals surface area contributed by atoms with Crippen LogP contribution >= 0.6 is 64.6 Å². The van der Waals surface area contributed by atoms with Crippen LogP contribution in [0.15, 0.2) is 70.5 Å². The van der Waals surface area contributed by atoms with Gasteiger partial charge in [-0.05, 0) is 67.1 Å². The molecule has 0 heterocycles. The van der Waals surface area contributed by atoms with Crippen LogP contribution in [0.3, 0.4) is 0 Å². The zero-order valence-corrected chi connectivity index (χ0v) is 41.2. The number of thioether (sulfide) groups is 2. The normalized spacial score (nSPS) is 13.5. The second kappa shape index (κ2) is 22.9. The Morgan fingerprint density at radius 1 is 0.672 bits per heavy atom. The fourth-order valence-corrected chi connectivity index (χ4v) is 7.42. The number of nitrogens with two attached hydrogens (primary N) is 1. The van der Waals surface area contributed by atoms with E-state index in [2.05, 4.69) is 10.6 Å². The van der Waals surface area contributed by atoms with Gasteiger partial charge in [0.1, 0.15) is 17.7 Å². The molecule has 0 fully saturated rings. The van der Waals surface area contributed by atoms with Crippen molar-refractivity contribution in [3.05, 3.63) is 114 Å². The molecule has 0 aliphatic carbocycles. The van der Waals surface area contributed by atoms with E-state index in [4.69, 9.17) is 57.3 Å². The summed E-state index contributed by atoms with van der Waals surface area (Å²) in [5.41, 5.74) is -8.98. The molecule has 2 radical (unpaired) electrons. The third-order valence-corrected chi connectivity index (χ3v) is 10.9. The Morgan fingerprint density at radius 3 is 1.30 bits per heavy atom. The summed E-state index contributed by atoms with van der Waals surface area (Å²) in [6, 6.07) is 11.8. The fourth-order valence-electron chi connectivity index (χ4n) is 5.55. The molecule has 67 heavy (non-hydrogen) atoms. The molecule has 4 rings (SSSR count). The third-order valence-electron chi connectivity index (χ3n) is 8.82. The van der Waals surface area contributed by atoms with Crippen molar-refractivity contribution in [3.63, 3.8) is 0 Å². The number of hydrogen-bond donors (Lipinski definition) is 3. The Bertz CT molecular complexity index is 2580. The molecule has 0 bridgehead atoms. The number of amides is 2. The second-order valence-electron chi connectivity index (χ2n) is 13.2. The first-order valence-electron chi connectivity index (χ1n) is 17.3. The second-order valence-corrected chi connectivity index (χ2v) is 19.9. The molecule has 4 N–H and O–H groups in total. The summed E-state index contributed by atoms with van der Waals surface area (Å²) in [4.78, 5) is 34.8. The number of nitro benzene ring substituents is 1. The molecule has 0 aliphatic rings. The van der Waals surface area contributed by atoms with Crippen LogP contribution in [0.25, 0.3) is 0 Å². The van der Waals surface area contributed by atoms with Crippen LogP contribution in [0, 0.1) is 32.8 Å². The molecule has 0 aliphatic heterocycles. The first-order chi connectivity index (χ1) is 30.7. The summed E-state index contributed by atoms with van der Waals surface area (Å²) in [5.74, 6) is -11.5. The van der Waals surface area contributed by atoms with Gasteiger partial charge in [0.25, 0.3) is 40.7 Å². The van der Waals surface area contributed by atoms with E-state index in [1.54, 1.807) is 6.07 Å². The molecule has 4 aromatic carbocycles. The molecular formula is C38H26Cl4F12N6O4S2Sn. The van der Waals surface area contributed by atoms with Gasteiger partial charge in [0.15, 0.2) is 0 Å². The van der Waals surface area contributed by atoms with E-state index in [1.165, 1.54) is 30.7 Å². The van der Waals surface area contributed by atoms with Gasteiger partial charge in [-0.3, -0.25) is 19.7 Å². The van der Waals surface area contributed by atoms with Crippen molar-refractivity contribution in [1.29, 1.82) is 10.5 Å². The van der Waals surface area contributed by atoms with Crippen molar-refractivity contribution in [2.24, 2.45) is 0 Å². The summed E-state index contributed by atoms with van der Waals surface area (Å²) in [7, 11) is 9.87. The van der Waals surface area contributed by atoms with E-state index in [0.29, 0.717) is 36.0 Å². The Kier molecular flexibility index (Phi) is 20.2.